The average molecular weight is 320 g/mol. The van der Waals surface area contributed by atoms with E-state index in [0.29, 0.717) is 24.2 Å². The minimum Gasteiger partial charge on any atom is -0.207 e. The van der Waals surface area contributed by atoms with Crippen LogP contribution < -0.4 is 0 Å². The Hall–Kier alpha value is -0.920. The minimum absolute atomic E-state index is 0.0879. The lowest BCUT2D eigenvalue weighted by atomic mass is 9.67. The molecule has 0 nitrogen and oxygen atoms in total. The molecule has 2 saturated carbocycles. The van der Waals surface area contributed by atoms with Gasteiger partial charge >= 0.3 is 0 Å². The molecule has 3 rings (SSSR count). The van der Waals surface area contributed by atoms with Gasteiger partial charge in [0.25, 0.3) is 0 Å². The fraction of sp³-hybridized carbons (Fsp3) is 0.714. The molecule has 2 heteroatoms. The summed E-state index contributed by atoms with van der Waals surface area (Å²) in [7, 11) is 0. The van der Waals surface area contributed by atoms with Crippen LogP contribution in [0.15, 0.2) is 30.3 Å². The molecule has 3 atom stereocenters. The van der Waals surface area contributed by atoms with Gasteiger partial charge in [0.05, 0.1) is 0 Å². The van der Waals surface area contributed by atoms with Crippen LogP contribution in [0, 0.1) is 23.7 Å². The molecule has 0 heterocycles. The van der Waals surface area contributed by atoms with Gasteiger partial charge in [0.2, 0.25) is 5.92 Å². The number of rotatable bonds is 5. The highest BCUT2D eigenvalue weighted by Crippen LogP contribution is 2.57. The maximum Gasteiger partial charge on any atom is 0.248 e. The van der Waals surface area contributed by atoms with E-state index in [9.17, 15) is 8.78 Å². The lowest BCUT2D eigenvalue weighted by Crippen LogP contribution is -2.37. The van der Waals surface area contributed by atoms with E-state index in [-0.39, 0.29) is 24.2 Å². The highest BCUT2D eigenvalue weighted by molar-refractivity contribution is 5.32. The van der Waals surface area contributed by atoms with Crippen molar-refractivity contribution in [1.29, 1.82) is 0 Å². The topological polar surface area (TPSA) is 0 Å². The standard InChI is InChI=1S/C21H30F2/c1-15(2)19-9-10-21(22,23)14-17(19)13-16(3)20(11-12-20)18-7-5-4-6-8-18/h4-8,15-17,19H,9-14H2,1-3H3. The van der Waals surface area contributed by atoms with Gasteiger partial charge in [-0.15, -0.1) is 0 Å². The monoisotopic (exact) mass is 320 g/mol. The van der Waals surface area contributed by atoms with Crippen molar-refractivity contribution in [3.05, 3.63) is 35.9 Å². The van der Waals surface area contributed by atoms with Crippen LogP contribution >= 0.6 is 0 Å². The van der Waals surface area contributed by atoms with E-state index in [1.54, 1.807) is 0 Å². The number of hydrogen-bond donors (Lipinski definition) is 0. The predicted octanol–water partition coefficient (Wildman–Crippen LogP) is 6.45. The van der Waals surface area contributed by atoms with Crippen LogP contribution in [0.1, 0.15) is 64.9 Å². The van der Waals surface area contributed by atoms with E-state index in [1.165, 1.54) is 18.4 Å². The van der Waals surface area contributed by atoms with Crippen LogP contribution in [0.4, 0.5) is 8.78 Å². The third-order valence-corrected chi connectivity index (χ3v) is 6.60. The number of benzene rings is 1. The molecule has 2 aliphatic carbocycles. The second-order valence-electron chi connectivity index (χ2n) is 8.43. The van der Waals surface area contributed by atoms with Crippen LogP contribution in [0.25, 0.3) is 0 Å². The molecule has 1 aromatic rings. The van der Waals surface area contributed by atoms with E-state index in [1.807, 2.05) is 0 Å². The highest BCUT2D eigenvalue weighted by Gasteiger charge is 2.50. The summed E-state index contributed by atoms with van der Waals surface area (Å²) in [6.07, 6.45) is 4.27. The second kappa shape index (κ2) is 6.18. The maximum atomic E-state index is 14.0. The van der Waals surface area contributed by atoms with Gasteiger partial charge in [-0.2, -0.15) is 0 Å². The van der Waals surface area contributed by atoms with Crippen LogP contribution in [0.3, 0.4) is 0 Å². The third-order valence-electron chi connectivity index (χ3n) is 6.60. The zero-order valence-corrected chi connectivity index (χ0v) is 14.7. The van der Waals surface area contributed by atoms with Gasteiger partial charge in [-0.3, -0.25) is 0 Å². The van der Waals surface area contributed by atoms with E-state index in [0.717, 1.165) is 6.42 Å². The molecule has 0 N–H and O–H groups in total. The molecule has 0 amide bonds. The molecule has 2 aliphatic rings. The molecule has 0 aliphatic heterocycles. The number of alkyl halides is 2. The van der Waals surface area contributed by atoms with Crippen molar-refractivity contribution in [1.82, 2.24) is 0 Å². The zero-order valence-electron chi connectivity index (χ0n) is 14.7. The molecule has 0 bridgehead atoms. The van der Waals surface area contributed by atoms with Gasteiger partial charge < -0.3 is 0 Å². The Morgan fingerprint density at radius 2 is 1.70 bits per heavy atom. The number of halogens is 2. The normalized spacial score (nSPS) is 30.2. The summed E-state index contributed by atoms with van der Waals surface area (Å²) in [5, 5.41) is 0. The molecule has 3 unspecified atom stereocenters. The van der Waals surface area contributed by atoms with Crippen molar-refractivity contribution in [2.24, 2.45) is 23.7 Å². The molecule has 2 fully saturated rings. The summed E-state index contributed by atoms with van der Waals surface area (Å²) in [5.41, 5.74) is 1.67. The molecule has 0 saturated heterocycles. The van der Waals surface area contributed by atoms with Crippen LogP contribution in [-0.2, 0) is 5.41 Å². The number of hydrogen-bond acceptors (Lipinski definition) is 0. The molecule has 23 heavy (non-hydrogen) atoms. The maximum absolute atomic E-state index is 14.0. The molecule has 1 aromatic carbocycles. The van der Waals surface area contributed by atoms with Gasteiger partial charge in [-0.1, -0.05) is 51.1 Å². The molecule has 0 radical (unpaired) electrons. The van der Waals surface area contributed by atoms with Crippen molar-refractivity contribution < 1.29 is 8.78 Å². The molecule has 128 valence electrons. The van der Waals surface area contributed by atoms with E-state index in [4.69, 9.17) is 0 Å². The summed E-state index contributed by atoms with van der Waals surface area (Å²) in [4.78, 5) is 0. The Bertz CT molecular complexity index is 516. The minimum atomic E-state index is -2.45. The fourth-order valence-electron chi connectivity index (χ4n) is 5.04. The predicted molar refractivity (Wildman–Crippen MR) is 91.8 cm³/mol. The van der Waals surface area contributed by atoms with Crippen molar-refractivity contribution in [3.8, 4) is 0 Å². The first-order valence-corrected chi connectivity index (χ1v) is 9.27. The van der Waals surface area contributed by atoms with Gasteiger partial charge in [-0.25, -0.2) is 8.78 Å². The summed E-state index contributed by atoms with van der Waals surface area (Å²) in [5.74, 6) is -0.807. The van der Waals surface area contributed by atoms with Crippen molar-refractivity contribution in [2.45, 2.75) is 70.6 Å². The largest absolute Gasteiger partial charge is 0.248 e. The lowest BCUT2D eigenvalue weighted by Gasteiger charge is -2.40. The fourth-order valence-corrected chi connectivity index (χ4v) is 5.04. The molecule has 0 aromatic heterocycles. The Kier molecular flexibility index (Phi) is 4.55. The summed E-state index contributed by atoms with van der Waals surface area (Å²) in [6.45, 7) is 6.70. The van der Waals surface area contributed by atoms with Crippen LogP contribution in [0.2, 0.25) is 0 Å². The smallest absolute Gasteiger partial charge is 0.207 e. The van der Waals surface area contributed by atoms with Crippen molar-refractivity contribution in [3.63, 3.8) is 0 Å². The zero-order chi connectivity index (χ0) is 16.7. The van der Waals surface area contributed by atoms with Crippen molar-refractivity contribution in [2.75, 3.05) is 0 Å². The molecular formula is C21H30F2. The van der Waals surface area contributed by atoms with Crippen LogP contribution in [-0.4, -0.2) is 5.92 Å². The average Bonchev–Trinajstić information content (AvgIpc) is 3.28. The molecule has 0 spiro atoms. The Morgan fingerprint density at radius 1 is 1.04 bits per heavy atom. The summed E-state index contributed by atoms with van der Waals surface area (Å²) in [6, 6.07) is 10.7. The third kappa shape index (κ3) is 3.46. The summed E-state index contributed by atoms with van der Waals surface area (Å²) < 4.78 is 28.0. The van der Waals surface area contributed by atoms with Gasteiger partial charge in [0.1, 0.15) is 0 Å². The first-order chi connectivity index (χ1) is 10.8. The van der Waals surface area contributed by atoms with Crippen molar-refractivity contribution >= 4 is 0 Å². The molecular weight excluding hydrogens is 290 g/mol. The van der Waals surface area contributed by atoms with E-state index >= 15 is 0 Å². The van der Waals surface area contributed by atoms with Gasteiger partial charge in [-0.05, 0) is 60.3 Å². The summed E-state index contributed by atoms with van der Waals surface area (Å²) >= 11 is 0. The first-order valence-electron chi connectivity index (χ1n) is 9.27. The Morgan fingerprint density at radius 3 is 2.26 bits per heavy atom. The van der Waals surface area contributed by atoms with Crippen LogP contribution in [0.5, 0.6) is 0 Å². The quantitative estimate of drug-likeness (QED) is 0.584. The van der Waals surface area contributed by atoms with Gasteiger partial charge in [0.15, 0.2) is 0 Å². The lowest BCUT2D eigenvalue weighted by molar-refractivity contribution is -0.0807. The Labute approximate surface area is 139 Å². The van der Waals surface area contributed by atoms with Gasteiger partial charge in [0, 0.05) is 12.8 Å². The second-order valence-corrected chi connectivity index (χ2v) is 8.43. The Balaban J connectivity index is 1.74. The highest BCUT2D eigenvalue weighted by atomic mass is 19.3. The first kappa shape index (κ1) is 16.9. The van der Waals surface area contributed by atoms with E-state index in [2.05, 4.69) is 51.1 Å². The van der Waals surface area contributed by atoms with E-state index < -0.39 is 5.92 Å². The SMILES string of the molecule is CC(C)C1CCC(F)(F)CC1CC(C)C1(c2ccccc2)CC1.